The molecule has 0 saturated carbocycles. The third kappa shape index (κ3) is 5.57. The largest absolute Gasteiger partial charge is 0.496 e. The minimum atomic E-state index is -1.48. The van der Waals surface area contributed by atoms with Crippen molar-refractivity contribution in [3.05, 3.63) is 68.4 Å². The fourth-order valence-electron chi connectivity index (χ4n) is 4.75. The molecule has 13 heteroatoms. The van der Waals surface area contributed by atoms with Crippen LogP contribution in [-0.4, -0.2) is 43.6 Å². The number of halogens is 1. The maximum atomic E-state index is 14.4. The number of aromatic nitrogens is 5. The fourth-order valence-corrected chi connectivity index (χ4v) is 5.97. The predicted octanol–water partition coefficient (Wildman–Crippen LogP) is 3.89. The maximum absolute atomic E-state index is 14.4. The molecule has 41 heavy (non-hydrogen) atoms. The van der Waals surface area contributed by atoms with E-state index in [4.69, 9.17) is 9.47 Å². The molecule has 0 aliphatic rings. The van der Waals surface area contributed by atoms with E-state index >= 15 is 0 Å². The third-order valence-electron chi connectivity index (χ3n) is 6.86. The van der Waals surface area contributed by atoms with Crippen LogP contribution in [0.25, 0.3) is 15.2 Å². The molecule has 0 bridgehead atoms. The van der Waals surface area contributed by atoms with Crippen LogP contribution in [0.1, 0.15) is 51.3 Å². The Labute approximate surface area is 239 Å². The summed E-state index contributed by atoms with van der Waals surface area (Å²) in [4.78, 5) is 43.3. The lowest BCUT2D eigenvalue weighted by atomic mass is 9.91. The molecule has 3 aromatic heterocycles. The van der Waals surface area contributed by atoms with Gasteiger partial charge in [-0.25, -0.2) is 13.8 Å². The molecule has 0 saturated heterocycles. The predicted molar refractivity (Wildman–Crippen MR) is 151 cm³/mol. The van der Waals surface area contributed by atoms with Gasteiger partial charge in [0, 0.05) is 17.5 Å². The molecular formula is C28H31FN6O5S. The molecule has 0 aliphatic heterocycles. The Bertz CT molecular complexity index is 1750. The number of benzene rings is 1. The second kappa shape index (κ2) is 11.8. The molecule has 0 aliphatic carbocycles. The molecule has 0 N–H and O–H groups in total. The van der Waals surface area contributed by atoms with E-state index in [-0.39, 0.29) is 42.2 Å². The summed E-state index contributed by atoms with van der Waals surface area (Å²) in [6, 6.07) is 5.78. The first-order chi connectivity index (χ1) is 19.4. The van der Waals surface area contributed by atoms with Crippen molar-refractivity contribution in [2.24, 2.45) is 5.92 Å². The number of carbonyl (C=O) groups is 1. The second-order valence-electron chi connectivity index (χ2n) is 10.5. The quantitative estimate of drug-likeness (QED) is 0.260. The molecular weight excluding hydrogens is 551 g/mol. The smallest absolute Gasteiger partial charge is 0.333 e. The van der Waals surface area contributed by atoms with E-state index in [9.17, 15) is 24.0 Å². The molecule has 216 valence electrons. The average molecular weight is 583 g/mol. The van der Waals surface area contributed by atoms with E-state index in [1.165, 1.54) is 47.1 Å². The number of methoxy groups -OCH3 is 1. The minimum Gasteiger partial charge on any atom is -0.496 e. The molecule has 4 rings (SSSR count). The van der Waals surface area contributed by atoms with Gasteiger partial charge in [0.1, 0.15) is 39.6 Å². The number of fused-ring (bicyclic) bond motifs is 1. The number of nitriles is 1. The van der Waals surface area contributed by atoms with Crippen molar-refractivity contribution in [1.29, 1.82) is 5.26 Å². The maximum Gasteiger partial charge on any atom is 0.333 e. The van der Waals surface area contributed by atoms with Crippen molar-refractivity contribution in [3.63, 3.8) is 0 Å². The van der Waals surface area contributed by atoms with Crippen LogP contribution in [0, 0.1) is 30.0 Å². The molecule has 0 fully saturated rings. The van der Waals surface area contributed by atoms with Crippen molar-refractivity contribution in [1.82, 2.24) is 24.1 Å². The van der Waals surface area contributed by atoms with Crippen LogP contribution in [0.3, 0.4) is 0 Å². The number of carbonyl (C=O) groups excluding carboxylic acids is 1. The van der Waals surface area contributed by atoms with Gasteiger partial charge in [0.15, 0.2) is 5.78 Å². The number of rotatable bonds is 11. The number of aryl methyl sites for hydroxylation is 1. The summed E-state index contributed by atoms with van der Waals surface area (Å²) in [6.45, 7) is 8.02. The molecule has 11 nitrogen and oxygen atoms in total. The molecule has 0 amide bonds. The van der Waals surface area contributed by atoms with E-state index in [1.807, 2.05) is 19.9 Å². The Balaban J connectivity index is 2.04. The van der Waals surface area contributed by atoms with Gasteiger partial charge in [0.05, 0.1) is 37.5 Å². The van der Waals surface area contributed by atoms with E-state index < -0.39 is 28.7 Å². The number of thiophene rings is 1. The summed E-state index contributed by atoms with van der Waals surface area (Å²) in [7, 11) is 1.41. The average Bonchev–Trinajstić information content (AvgIpc) is 3.56. The van der Waals surface area contributed by atoms with Crippen LogP contribution in [0.4, 0.5) is 4.39 Å². The van der Waals surface area contributed by atoms with Crippen molar-refractivity contribution >= 4 is 27.3 Å². The molecule has 0 radical (unpaired) electrons. The summed E-state index contributed by atoms with van der Waals surface area (Å²) in [5.41, 5.74) is -2.04. The summed E-state index contributed by atoms with van der Waals surface area (Å²) < 4.78 is 27.9. The molecule has 4 aromatic rings. The van der Waals surface area contributed by atoms with Crippen molar-refractivity contribution in [2.45, 2.75) is 59.2 Å². The van der Waals surface area contributed by atoms with Crippen LogP contribution >= 0.6 is 11.3 Å². The van der Waals surface area contributed by atoms with E-state index in [2.05, 4.69) is 10.2 Å². The van der Waals surface area contributed by atoms with Crippen LogP contribution in [0.15, 0.2) is 40.2 Å². The highest BCUT2D eigenvalue weighted by Crippen LogP contribution is 2.34. The Kier molecular flexibility index (Phi) is 8.55. The van der Waals surface area contributed by atoms with E-state index in [1.54, 1.807) is 20.8 Å². The van der Waals surface area contributed by atoms with Crippen LogP contribution in [0.5, 0.6) is 5.75 Å². The molecule has 0 unspecified atom stereocenters. The Morgan fingerprint density at radius 3 is 2.51 bits per heavy atom. The normalized spacial score (nSPS) is 12.6. The topological polar surface area (TPSA) is 134 Å². The summed E-state index contributed by atoms with van der Waals surface area (Å²) in [5, 5.41) is 18.4. The Morgan fingerprint density at radius 1 is 1.22 bits per heavy atom. The number of Topliss-reactive ketones (excluding diaryl/α,β-unsaturated/α-hetero) is 1. The summed E-state index contributed by atoms with van der Waals surface area (Å²) in [6.07, 6.45) is 2.13. The first-order valence-corrected chi connectivity index (χ1v) is 13.7. The zero-order chi connectivity index (χ0) is 30.1. The monoisotopic (exact) mass is 582 g/mol. The molecule has 1 atom stereocenters. The van der Waals surface area contributed by atoms with Gasteiger partial charge in [0.25, 0.3) is 5.56 Å². The molecule has 0 spiro atoms. The highest BCUT2D eigenvalue weighted by Gasteiger charge is 2.36. The van der Waals surface area contributed by atoms with Gasteiger partial charge in [-0.1, -0.05) is 25.2 Å². The zero-order valence-electron chi connectivity index (χ0n) is 23.7. The van der Waals surface area contributed by atoms with Gasteiger partial charge in [-0.2, -0.15) is 15.5 Å². The van der Waals surface area contributed by atoms with E-state index in [0.29, 0.717) is 21.1 Å². The summed E-state index contributed by atoms with van der Waals surface area (Å²) in [5.74, 6) is -0.534. The Hall–Kier alpha value is -4.15. The van der Waals surface area contributed by atoms with Gasteiger partial charge in [-0.3, -0.25) is 14.2 Å². The zero-order valence-corrected chi connectivity index (χ0v) is 24.5. The standard InChI is InChI=1S/C28H31FN6O5S/c1-16(2)13-22(36)28(4,5)34-24(37)23-17(3)25(35-31-10-11-32-35)41-26(23)33(27(34)38)15-21(40-12-9-30)19-14-18(29)7-8-20(19)39-6/h7-8,10-11,14,16,21H,12-13,15H2,1-6H3/t21-/m0/s1. The van der Waals surface area contributed by atoms with Crippen LogP contribution in [-0.2, 0) is 21.6 Å². The number of ketones is 1. The third-order valence-corrected chi connectivity index (χ3v) is 8.14. The van der Waals surface area contributed by atoms with Gasteiger partial charge in [-0.05, 0) is 44.9 Å². The molecule has 1 aromatic carbocycles. The molecule has 3 heterocycles. The highest BCUT2D eigenvalue weighted by atomic mass is 32.1. The number of nitrogens with zero attached hydrogens (tertiary/aromatic N) is 6. The van der Waals surface area contributed by atoms with Gasteiger partial charge >= 0.3 is 5.69 Å². The lowest BCUT2D eigenvalue weighted by Crippen LogP contribution is -2.53. The van der Waals surface area contributed by atoms with Crippen molar-refractivity contribution in [2.75, 3.05) is 13.7 Å². The van der Waals surface area contributed by atoms with E-state index in [0.717, 1.165) is 15.9 Å². The fraction of sp³-hybridized carbons (Fsp3) is 0.429. The van der Waals surface area contributed by atoms with Crippen LogP contribution in [0.2, 0.25) is 0 Å². The second-order valence-corrected chi connectivity index (χ2v) is 11.5. The SMILES string of the molecule is COc1ccc(F)cc1[C@H](Cn1c(=O)n(C(C)(C)C(=O)CC(C)C)c(=O)c2c(C)c(-n3nccn3)sc21)OCC#N. The first kappa shape index (κ1) is 29.8. The van der Waals surface area contributed by atoms with Gasteiger partial charge in [-0.15, -0.1) is 4.80 Å². The Morgan fingerprint density at radius 2 is 1.90 bits per heavy atom. The lowest BCUT2D eigenvalue weighted by molar-refractivity contribution is -0.127. The lowest BCUT2D eigenvalue weighted by Gasteiger charge is -2.28. The minimum absolute atomic E-state index is 0.00742. The number of hydrogen-bond acceptors (Lipinski definition) is 9. The van der Waals surface area contributed by atoms with Crippen molar-refractivity contribution < 1.29 is 18.7 Å². The number of hydrogen-bond donors (Lipinski definition) is 0. The highest BCUT2D eigenvalue weighted by molar-refractivity contribution is 7.21. The van der Waals surface area contributed by atoms with Crippen molar-refractivity contribution in [3.8, 4) is 16.8 Å². The van der Waals surface area contributed by atoms with Gasteiger partial charge < -0.3 is 9.47 Å². The first-order valence-electron chi connectivity index (χ1n) is 12.9. The van der Waals surface area contributed by atoms with Crippen LogP contribution < -0.4 is 16.0 Å². The summed E-state index contributed by atoms with van der Waals surface area (Å²) >= 11 is 1.13. The number of ether oxygens (including phenoxy) is 2. The van der Waals surface area contributed by atoms with Gasteiger partial charge in [0.2, 0.25) is 0 Å².